The van der Waals surface area contributed by atoms with E-state index in [4.69, 9.17) is 0 Å². The zero-order chi connectivity index (χ0) is 20.7. The van der Waals surface area contributed by atoms with E-state index >= 15 is 0 Å². The molecular formula is C20H21F3N2O3. The molecule has 0 aliphatic heterocycles. The molecule has 0 radical (unpaired) electrons. The average molecular weight is 394 g/mol. The number of hydrogen-bond donors (Lipinski definition) is 2. The van der Waals surface area contributed by atoms with Crippen LogP contribution in [0.3, 0.4) is 0 Å². The molecule has 28 heavy (non-hydrogen) atoms. The predicted octanol–water partition coefficient (Wildman–Crippen LogP) is 3.50. The lowest BCUT2D eigenvalue weighted by Crippen LogP contribution is -2.49. The molecule has 0 aromatic heterocycles. The Kier molecular flexibility index (Phi) is 7.43. The summed E-state index contributed by atoms with van der Waals surface area (Å²) in [6, 6.07) is 10.2. The highest BCUT2D eigenvalue weighted by molar-refractivity contribution is 5.97. The molecule has 1 unspecified atom stereocenters. The molecule has 0 saturated carbocycles. The lowest BCUT2D eigenvalue weighted by Gasteiger charge is -2.22. The van der Waals surface area contributed by atoms with Gasteiger partial charge in [0.1, 0.15) is 17.6 Å². The molecule has 2 N–H and O–H groups in total. The second kappa shape index (κ2) is 9.77. The highest BCUT2D eigenvalue weighted by Crippen LogP contribution is 2.20. The zero-order valence-electron chi connectivity index (χ0n) is 15.4. The standard InChI is InChI=1S/C20H21F3N2O3/c1-12(2)17(25-18(26)13-7-9-15(21)10-8-13)19(27)24-11-14-5-3-4-6-16(14)28-20(22)23/h3-10,12,17,20H,11H2,1-2H3,(H,24,27)(H,25,26). The van der Waals surface area contributed by atoms with Crippen LogP contribution in [-0.4, -0.2) is 24.5 Å². The van der Waals surface area contributed by atoms with Crippen LogP contribution in [0.2, 0.25) is 0 Å². The van der Waals surface area contributed by atoms with Crippen LogP contribution in [0, 0.1) is 11.7 Å². The van der Waals surface area contributed by atoms with E-state index < -0.39 is 30.3 Å². The van der Waals surface area contributed by atoms with E-state index in [1.54, 1.807) is 32.0 Å². The molecule has 150 valence electrons. The Labute approximate surface area is 160 Å². The van der Waals surface area contributed by atoms with Gasteiger partial charge in [0.2, 0.25) is 5.91 Å². The van der Waals surface area contributed by atoms with Gasteiger partial charge < -0.3 is 15.4 Å². The van der Waals surface area contributed by atoms with Crippen molar-refractivity contribution in [2.45, 2.75) is 33.0 Å². The Hall–Kier alpha value is -3.03. The van der Waals surface area contributed by atoms with Gasteiger partial charge >= 0.3 is 6.61 Å². The first-order valence-electron chi connectivity index (χ1n) is 8.64. The van der Waals surface area contributed by atoms with Gasteiger partial charge in [-0.05, 0) is 36.2 Å². The maximum Gasteiger partial charge on any atom is 0.387 e. The van der Waals surface area contributed by atoms with Crippen molar-refractivity contribution < 1.29 is 27.5 Å². The number of carbonyl (C=O) groups excluding carboxylic acids is 2. The van der Waals surface area contributed by atoms with Crippen molar-refractivity contribution >= 4 is 11.8 Å². The molecule has 0 aliphatic carbocycles. The third-order valence-electron chi connectivity index (χ3n) is 3.98. The van der Waals surface area contributed by atoms with Crippen LogP contribution in [0.15, 0.2) is 48.5 Å². The summed E-state index contributed by atoms with van der Waals surface area (Å²) in [5.74, 6) is -1.74. The van der Waals surface area contributed by atoms with Crippen LogP contribution >= 0.6 is 0 Å². The van der Waals surface area contributed by atoms with Crippen molar-refractivity contribution in [3.05, 3.63) is 65.5 Å². The van der Waals surface area contributed by atoms with E-state index in [2.05, 4.69) is 15.4 Å². The molecule has 2 rings (SSSR count). The molecule has 1 atom stereocenters. The molecule has 2 aromatic rings. The van der Waals surface area contributed by atoms with Crippen LogP contribution < -0.4 is 15.4 Å². The van der Waals surface area contributed by atoms with Crippen molar-refractivity contribution in [2.24, 2.45) is 5.92 Å². The SMILES string of the molecule is CC(C)C(NC(=O)c1ccc(F)cc1)C(=O)NCc1ccccc1OC(F)F. The van der Waals surface area contributed by atoms with Gasteiger partial charge in [-0.2, -0.15) is 8.78 Å². The Morgan fingerprint density at radius 2 is 1.68 bits per heavy atom. The predicted molar refractivity (Wildman–Crippen MR) is 97.4 cm³/mol. The number of benzene rings is 2. The minimum absolute atomic E-state index is 0.0331. The molecule has 0 aliphatic rings. The minimum Gasteiger partial charge on any atom is -0.434 e. The van der Waals surface area contributed by atoms with Gasteiger partial charge in [0.15, 0.2) is 0 Å². The lowest BCUT2D eigenvalue weighted by atomic mass is 10.0. The number of alkyl halides is 2. The third-order valence-corrected chi connectivity index (χ3v) is 3.98. The maximum atomic E-state index is 13.0. The molecule has 2 aromatic carbocycles. The van der Waals surface area contributed by atoms with E-state index in [-0.39, 0.29) is 23.8 Å². The summed E-state index contributed by atoms with van der Waals surface area (Å²) < 4.78 is 42.4. The van der Waals surface area contributed by atoms with Crippen LogP contribution in [0.4, 0.5) is 13.2 Å². The van der Waals surface area contributed by atoms with Gasteiger partial charge in [0.25, 0.3) is 5.91 Å². The van der Waals surface area contributed by atoms with Crippen molar-refractivity contribution in [1.82, 2.24) is 10.6 Å². The summed E-state index contributed by atoms with van der Waals surface area (Å²) in [5.41, 5.74) is 0.596. The Morgan fingerprint density at radius 3 is 2.29 bits per heavy atom. The van der Waals surface area contributed by atoms with Crippen LogP contribution in [0.25, 0.3) is 0 Å². The highest BCUT2D eigenvalue weighted by atomic mass is 19.3. The molecule has 2 amide bonds. The van der Waals surface area contributed by atoms with E-state index in [0.717, 1.165) is 12.1 Å². The fraction of sp³-hybridized carbons (Fsp3) is 0.300. The number of ether oxygens (including phenoxy) is 1. The first-order valence-corrected chi connectivity index (χ1v) is 8.64. The number of carbonyl (C=O) groups is 2. The fourth-order valence-corrected chi connectivity index (χ4v) is 2.51. The van der Waals surface area contributed by atoms with Gasteiger partial charge in [-0.25, -0.2) is 4.39 Å². The summed E-state index contributed by atoms with van der Waals surface area (Å²) in [6.07, 6.45) is 0. The minimum atomic E-state index is -2.98. The number of halogens is 3. The average Bonchev–Trinajstić information content (AvgIpc) is 2.64. The first kappa shape index (κ1) is 21.3. The second-order valence-electron chi connectivity index (χ2n) is 6.41. The molecular weight excluding hydrogens is 373 g/mol. The van der Waals surface area contributed by atoms with Crippen molar-refractivity contribution in [1.29, 1.82) is 0 Å². The molecule has 0 spiro atoms. The van der Waals surface area contributed by atoms with Crippen molar-refractivity contribution in [2.75, 3.05) is 0 Å². The second-order valence-corrected chi connectivity index (χ2v) is 6.41. The fourth-order valence-electron chi connectivity index (χ4n) is 2.51. The molecule has 0 fully saturated rings. The van der Waals surface area contributed by atoms with Gasteiger partial charge in [-0.15, -0.1) is 0 Å². The number of para-hydroxylation sites is 1. The van der Waals surface area contributed by atoms with Crippen molar-refractivity contribution in [3.8, 4) is 5.75 Å². The molecule has 5 nitrogen and oxygen atoms in total. The number of nitrogens with one attached hydrogen (secondary N) is 2. The summed E-state index contributed by atoms with van der Waals surface area (Å²) in [6.45, 7) is 0.485. The number of rotatable bonds is 8. The monoisotopic (exact) mass is 394 g/mol. The van der Waals surface area contributed by atoms with Gasteiger partial charge in [0.05, 0.1) is 0 Å². The number of amides is 2. The summed E-state index contributed by atoms with van der Waals surface area (Å²) in [4.78, 5) is 24.8. The van der Waals surface area contributed by atoms with E-state index in [1.807, 2.05) is 0 Å². The third kappa shape index (κ3) is 6.00. The quantitative estimate of drug-likeness (QED) is 0.720. The summed E-state index contributed by atoms with van der Waals surface area (Å²) in [7, 11) is 0. The van der Waals surface area contributed by atoms with Gasteiger partial charge in [-0.3, -0.25) is 9.59 Å². The normalized spacial score (nSPS) is 12.0. The Morgan fingerprint density at radius 1 is 1.04 bits per heavy atom. The van der Waals surface area contributed by atoms with Crippen LogP contribution in [0.1, 0.15) is 29.8 Å². The molecule has 0 bridgehead atoms. The maximum absolute atomic E-state index is 13.0. The van der Waals surface area contributed by atoms with E-state index in [9.17, 15) is 22.8 Å². The van der Waals surface area contributed by atoms with Crippen LogP contribution in [-0.2, 0) is 11.3 Å². The summed E-state index contributed by atoms with van der Waals surface area (Å²) in [5, 5.41) is 5.23. The van der Waals surface area contributed by atoms with Gasteiger partial charge in [0, 0.05) is 17.7 Å². The lowest BCUT2D eigenvalue weighted by molar-refractivity contribution is -0.124. The van der Waals surface area contributed by atoms with Crippen molar-refractivity contribution in [3.63, 3.8) is 0 Å². The number of hydrogen-bond acceptors (Lipinski definition) is 3. The topological polar surface area (TPSA) is 67.4 Å². The van der Waals surface area contributed by atoms with Gasteiger partial charge in [-0.1, -0.05) is 32.0 Å². The first-order chi connectivity index (χ1) is 13.3. The molecule has 0 heterocycles. The van der Waals surface area contributed by atoms with E-state index in [1.165, 1.54) is 18.2 Å². The summed E-state index contributed by atoms with van der Waals surface area (Å²) >= 11 is 0. The zero-order valence-corrected chi connectivity index (χ0v) is 15.4. The van der Waals surface area contributed by atoms with Crippen LogP contribution in [0.5, 0.6) is 5.75 Å². The molecule has 0 saturated heterocycles. The Balaban J connectivity index is 2.03. The largest absolute Gasteiger partial charge is 0.434 e. The Bertz CT molecular complexity index is 811. The smallest absolute Gasteiger partial charge is 0.387 e. The van der Waals surface area contributed by atoms with E-state index in [0.29, 0.717) is 5.56 Å². The highest BCUT2D eigenvalue weighted by Gasteiger charge is 2.25. The molecule has 8 heteroatoms.